The monoisotopic (exact) mass is 444 g/mol. The summed E-state index contributed by atoms with van der Waals surface area (Å²) in [6.07, 6.45) is 4.94. The average Bonchev–Trinajstić information content (AvgIpc) is 2.78. The minimum atomic E-state index is -4.05. The van der Waals surface area contributed by atoms with Crippen LogP contribution in [0.5, 0.6) is 11.5 Å². The van der Waals surface area contributed by atoms with Gasteiger partial charge in [-0.05, 0) is 63.0 Å². The topological polar surface area (TPSA) is 77.1 Å². The zero-order valence-electron chi connectivity index (χ0n) is 17.5. The van der Waals surface area contributed by atoms with Gasteiger partial charge in [-0.2, -0.15) is 0 Å². The average molecular weight is 444 g/mol. The van der Waals surface area contributed by atoms with Gasteiger partial charge in [-0.25, -0.2) is 14.4 Å². The number of fused-ring (bicyclic) bond motifs is 1. The third-order valence-electron chi connectivity index (χ3n) is 5.82. The van der Waals surface area contributed by atoms with Gasteiger partial charge in [-0.3, -0.25) is 4.90 Å². The Kier molecular flexibility index (Phi) is 7.15. The molecule has 2 aromatic rings. The quantitative estimate of drug-likeness (QED) is 0.589. The van der Waals surface area contributed by atoms with Gasteiger partial charge in [0.05, 0.1) is 6.61 Å². The second-order valence-corrected chi connectivity index (χ2v) is 9.60. The van der Waals surface area contributed by atoms with Gasteiger partial charge in [0.15, 0.2) is 0 Å². The molecule has 8 heteroatoms. The van der Waals surface area contributed by atoms with Crippen LogP contribution in [0.25, 0.3) is 0 Å². The van der Waals surface area contributed by atoms with Gasteiger partial charge in [0.2, 0.25) is 0 Å². The van der Waals surface area contributed by atoms with Crippen LogP contribution in [0.15, 0.2) is 60.7 Å². The molecule has 2 heterocycles. The summed E-state index contributed by atoms with van der Waals surface area (Å²) in [5, 5.41) is 2.34. The van der Waals surface area contributed by atoms with Crippen LogP contribution in [-0.2, 0) is 9.30 Å². The zero-order valence-corrected chi connectivity index (χ0v) is 18.4. The first-order chi connectivity index (χ1) is 15.1. The summed E-state index contributed by atoms with van der Waals surface area (Å²) >= 11 is 0. The maximum absolute atomic E-state index is 13.4. The zero-order chi connectivity index (χ0) is 21.5. The van der Waals surface area contributed by atoms with Gasteiger partial charge in [-0.1, -0.05) is 42.8 Å². The van der Waals surface area contributed by atoms with Crippen molar-refractivity contribution in [1.82, 2.24) is 9.99 Å². The fourth-order valence-corrected chi connectivity index (χ4v) is 5.62. The number of nitrogens with zero attached hydrogens (tertiary/aromatic N) is 1. The first-order valence-electron chi connectivity index (χ1n) is 10.9. The number of hydrogen-bond donors (Lipinski definition) is 1. The summed E-state index contributed by atoms with van der Waals surface area (Å²) in [6, 6.07) is 17.7. The van der Waals surface area contributed by atoms with Crippen LogP contribution in [0.2, 0.25) is 0 Å². The molecule has 0 saturated carbocycles. The third-order valence-corrected chi connectivity index (χ3v) is 7.18. The number of amides is 1. The lowest BCUT2D eigenvalue weighted by Crippen LogP contribution is -2.49. The first kappa shape index (κ1) is 21.7. The molecule has 0 aromatic heterocycles. The summed E-state index contributed by atoms with van der Waals surface area (Å²) < 4.78 is 30.0. The first-order valence-corrected chi connectivity index (χ1v) is 12.4. The van der Waals surface area contributed by atoms with Crippen molar-refractivity contribution < 1.29 is 23.1 Å². The van der Waals surface area contributed by atoms with Crippen molar-refractivity contribution in [3.8, 4) is 11.5 Å². The molecule has 4 rings (SSSR count). The number of piperidine rings is 2. The van der Waals surface area contributed by atoms with E-state index in [4.69, 9.17) is 13.8 Å². The Morgan fingerprint density at radius 1 is 0.903 bits per heavy atom. The largest absolute Gasteiger partial charge is 0.546 e. The van der Waals surface area contributed by atoms with Gasteiger partial charge < -0.3 is 13.8 Å². The molecule has 31 heavy (non-hydrogen) atoms. The van der Waals surface area contributed by atoms with Crippen LogP contribution < -0.4 is 14.1 Å². The molecule has 0 spiro atoms. The van der Waals surface area contributed by atoms with Gasteiger partial charge in [0.25, 0.3) is 0 Å². The second-order valence-electron chi connectivity index (χ2n) is 8.02. The van der Waals surface area contributed by atoms with Crippen LogP contribution in [0.3, 0.4) is 0 Å². The predicted molar refractivity (Wildman–Crippen MR) is 118 cm³/mol. The van der Waals surface area contributed by atoms with E-state index in [1.807, 2.05) is 12.1 Å². The van der Waals surface area contributed by atoms with Crippen LogP contribution in [0.4, 0.5) is 4.79 Å². The number of para-hydroxylation sites is 2. The fraction of sp³-hybridized carbons (Fsp3) is 0.435. The maximum atomic E-state index is 13.4. The van der Waals surface area contributed by atoms with Gasteiger partial charge in [0.1, 0.15) is 11.5 Å². The molecule has 0 bridgehead atoms. The smallest absolute Gasteiger partial charge is 0.449 e. The molecule has 2 unspecified atom stereocenters. The van der Waals surface area contributed by atoms with Crippen molar-refractivity contribution in [1.29, 1.82) is 0 Å². The predicted octanol–water partition coefficient (Wildman–Crippen LogP) is 5.24. The number of nitrogens with one attached hydrogen (secondary N) is 1. The van der Waals surface area contributed by atoms with Gasteiger partial charge in [0, 0.05) is 12.0 Å². The molecular formula is C23H29N2O5P. The van der Waals surface area contributed by atoms with Crippen molar-refractivity contribution in [3.63, 3.8) is 0 Å². The van der Waals surface area contributed by atoms with Crippen molar-refractivity contribution in [3.05, 3.63) is 60.7 Å². The van der Waals surface area contributed by atoms with E-state index in [9.17, 15) is 9.36 Å². The summed E-state index contributed by atoms with van der Waals surface area (Å²) in [5.74, 6) is 0.948. The minimum absolute atomic E-state index is 0.295. The lowest BCUT2D eigenvalue weighted by atomic mass is 9.84. The van der Waals surface area contributed by atoms with E-state index in [1.54, 1.807) is 48.5 Å². The number of carbonyl (C=O) groups is 1. The molecule has 2 aliphatic heterocycles. The number of carbonyl (C=O) groups excluding carboxylic acids is 1. The van der Waals surface area contributed by atoms with E-state index in [1.165, 1.54) is 12.8 Å². The van der Waals surface area contributed by atoms with Crippen LogP contribution in [0.1, 0.15) is 32.1 Å². The standard InChI is InChI=1S/C23H29N2O5P/c26-23(28-18-19-10-9-17-25-16-8-7-15-22(19)25)24-31(27,29-20-11-3-1-4-12-20)30-21-13-5-2-6-14-21/h1-6,11-14,19,22H,7-10,15-18H2,(H,24,26,27). The maximum Gasteiger partial charge on any atom is 0.546 e. The van der Waals surface area contributed by atoms with Crippen LogP contribution in [-0.4, -0.2) is 36.7 Å². The molecule has 1 amide bonds. The van der Waals surface area contributed by atoms with E-state index in [2.05, 4.69) is 9.99 Å². The number of hydrogen-bond acceptors (Lipinski definition) is 6. The lowest BCUT2D eigenvalue weighted by molar-refractivity contribution is 0.0243. The summed E-state index contributed by atoms with van der Waals surface area (Å²) in [5.41, 5.74) is 0. The molecule has 166 valence electrons. The number of ether oxygens (including phenoxy) is 1. The Morgan fingerprint density at radius 3 is 2.16 bits per heavy atom. The molecule has 2 saturated heterocycles. The fourth-order valence-electron chi connectivity index (χ4n) is 4.40. The molecule has 2 aromatic carbocycles. The van der Waals surface area contributed by atoms with E-state index in [0.717, 1.165) is 32.4 Å². The van der Waals surface area contributed by atoms with Crippen molar-refractivity contribution in [2.75, 3.05) is 19.7 Å². The highest BCUT2D eigenvalue weighted by Gasteiger charge is 2.36. The summed E-state index contributed by atoms with van der Waals surface area (Å²) in [6.45, 7) is 2.54. The minimum Gasteiger partial charge on any atom is -0.449 e. The molecule has 1 N–H and O–H groups in total. The number of rotatable bonds is 7. The highest BCUT2D eigenvalue weighted by molar-refractivity contribution is 7.53. The Labute approximate surface area is 183 Å². The Balaban J connectivity index is 1.39. The van der Waals surface area contributed by atoms with Gasteiger partial charge in [-0.15, -0.1) is 0 Å². The molecule has 2 aliphatic rings. The highest BCUT2D eigenvalue weighted by atomic mass is 31.2. The molecule has 0 radical (unpaired) electrons. The Morgan fingerprint density at radius 2 is 1.52 bits per heavy atom. The molecule has 2 fully saturated rings. The van der Waals surface area contributed by atoms with Gasteiger partial charge >= 0.3 is 13.8 Å². The van der Waals surface area contributed by atoms with Crippen molar-refractivity contribution in [2.24, 2.45) is 5.92 Å². The van der Waals surface area contributed by atoms with E-state index < -0.39 is 13.8 Å². The van der Waals surface area contributed by atoms with Crippen LogP contribution >= 0.6 is 7.75 Å². The molecular weight excluding hydrogens is 415 g/mol. The lowest BCUT2D eigenvalue weighted by Gasteiger charge is -2.44. The number of benzene rings is 2. The van der Waals surface area contributed by atoms with E-state index in [-0.39, 0.29) is 0 Å². The highest BCUT2D eigenvalue weighted by Crippen LogP contribution is 2.44. The summed E-state index contributed by atoms with van der Waals surface area (Å²) in [7, 11) is -4.05. The van der Waals surface area contributed by atoms with Crippen molar-refractivity contribution >= 4 is 13.8 Å². The van der Waals surface area contributed by atoms with E-state index in [0.29, 0.717) is 30.1 Å². The van der Waals surface area contributed by atoms with Crippen LogP contribution in [0, 0.1) is 5.92 Å². The Bertz CT molecular complexity index is 848. The van der Waals surface area contributed by atoms with E-state index >= 15 is 0 Å². The third kappa shape index (κ3) is 6.02. The second kappa shape index (κ2) is 10.2. The summed E-state index contributed by atoms with van der Waals surface area (Å²) in [4.78, 5) is 15.1. The molecule has 0 aliphatic carbocycles. The normalized spacial score (nSPS) is 21.5. The molecule has 7 nitrogen and oxygen atoms in total. The Hall–Kier alpha value is -2.50. The van der Waals surface area contributed by atoms with Crippen molar-refractivity contribution in [2.45, 2.75) is 38.1 Å². The molecule has 2 atom stereocenters. The SMILES string of the molecule is O=C(NP(=O)(Oc1ccccc1)Oc1ccccc1)OCC1CCCN2CCCCC12.